The number of aromatic nitrogens is 3. The molecule has 2 heterocycles. The highest BCUT2D eigenvalue weighted by Crippen LogP contribution is 2.26. The predicted octanol–water partition coefficient (Wildman–Crippen LogP) is 3.05. The van der Waals surface area contributed by atoms with Gasteiger partial charge in [0.2, 0.25) is 11.5 Å². The van der Waals surface area contributed by atoms with Crippen LogP contribution in [0.2, 0.25) is 0 Å². The zero-order valence-corrected chi connectivity index (χ0v) is 14.5. The summed E-state index contributed by atoms with van der Waals surface area (Å²) in [5.74, 6) is -0.0175. The maximum Gasteiger partial charge on any atom is 0.357 e. The topological polar surface area (TPSA) is 86.1 Å². The summed E-state index contributed by atoms with van der Waals surface area (Å²) in [5.41, 5.74) is 2.97. The maximum absolute atomic E-state index is 11.8. The van der Waals surface area contributed by atoms with Crippen LogP contribution in [0.15, 0.2) is 35.7 Å². The normalized spacial score (nSPS) is 10.5. The van der Waals surface area contributed by atoms with Crippen LogP contribution < -0.4 is 5.32 Å². The molecule has 25 heavy (non-hydrogen) atoms. The lowest BCUT2D eigenvalue weighted by Crippen LogP contribution is -2.07. The molecule has 0 bridgehead atoms. The number of ether oxygens (including phenoxy) is 1. The van der Waals surface area contributed by atoms with Crippen LogP contribution in [0.4, 0.5) is 5.82 Å². The van der Waals surface area contributed by atoms with Crippen molar-refractivity contribution in [3.63, 3.8) is 0 Å². The van der Waals surface area contributed by atoms with E-state index < -0.39 is 5.97 Å². The molecule has 7 nitrogen and oxygen atoms in total. The zero-order chi connectivity index (χ0) is 17.8. The van der Waals surface area contributed by atoms with Crippen LogP contribution >= 0.6 is 11.3 Å². The molecule has 0 saturated carbocycles. The third-order valence-electron chi connectivity index (χ3n) is 3.42. The minimum atomic E-state index is -0.485. The van der Waals surface area contributed by atoms with Gasteiger partial charge in [-0.05, 0) is 13.8 Å². The number of hydrogen-bond acceptors (Lipinski definition) is 6. The molecule has 0 unspecified atom stereocenters. The Kier molecular flexibility index (Phi) is 4.90. The number of carbonyl (C=O) groups is 2. The van der Waals surface area contributed by atoms with Crippen molar-refractivity contribution in [3.05, 3.63) is 47.0 Å². The number of rotatable bonds is 6. The fourth-order valence-corrected chi connectivity index (χ4v) is 2.97. The van der Waals surface area contributed by atoms with Crippen LogP contribution in [0.1, 0.15) is 23.0 Å². The van der Waals surface area contributed by atoms with Gasteiger partial charge in [-0.1, -0.05) is 29.8 Å². The summed E-state index contributed by atoms with van der Waals surface area (Å²) in [4.78, 5) is 26.9. The first-order valence-corrected chi connectivity index (χ1v) is 8.50. The lowest BCUT2D eigenvalue weighted by Gasteiger charge is -2.01. The van der Waals surface area contributed by atoms with E-state index in [-0.39, 0.29) is 12.3 Å². The second kappa shape index (κ2) is 7.27. The molecule has 3 aromatic rings. The minimum absolute atomic E-state index is 0.214. The average molecular weight is 356 g/mol. The van der Waals surface area contributed by atoms with Gasteiger partial charge in [-0.25, -0.2) is 9.78 Å². The quantitative estimate of drug-likeness (QED) is 0.542. The van der Waals surface area contributed by atoms with Gasteiger partial charge in [0.25, 0.3) is 0 Å². The van der Waals surface area contributed by atoms with E-state index in [0.717, 1.165) is 11.1 Å². The fraction of sp³-hybridized carbons (Fsp3) is 0.176. The lowest BCUT2D eigenvalue weighted by atomic mass is 10.1. The molecule has 2 aromatic heterocycles. The maximum atomic E-state index is 11.8. The van der Waals surface area contributed by atoms with Gasteiger partial charge >= 0.3 is 5.97 Å². The number of thiazole rings is 1. The number of amides is 1. The predicted molar refractivity (Wildman–Crippen MR) is 95.1 cm³/mol. The fourth-order valence-electron chi connectivity index (χ4n) is 2.22. The van der Waals surface area contributed by atoms with E-state index in [2.05, 4.69) is 15.4 Å². The van der Waals surface area contributed by atoms with Crippen molar-refractivity contribution in [2.75, 3.05) is 11.9 Å². The molecule has 0 aliphatic heterocycles. The second-order valence-electron chi connectivity index (χ2n) is 5.19. The molecule has 1 aromatic carbocycles. The first-order valence-electron chi connectivity index (χ1n) is 7.62. The molecule has 0 aliphatic rings. The van der Waals surface area contributed by atoms with Crippen molar-refractivity contribution in [1.29, 1.82) is 0 Å². The second-order valence-corrected chi connectivity index (χ2v) is 6.03. The van der Waals surface area contributed by atoms with Crippen molar-refractivity contribution in [2.24, 2.45) is 0 Å². The van der Waals surface area contributed by atoms with Gasteiger partial charge in [0.15, 0.2) is 5.69 Å². The van der Waals surface area contributed by atoms with Gasteiger partial charge in [-0.15, -0.1) is 11.3 Å². The molecule has 0 saturated heterocycles. The van der Waals surface area contributed by atoms with Gasteiger partial charge in [0, 0.05) is 17.0 Å². The first kappa shape index (κ1) is 16.8. The Morgan fingerprint density at radius 1 is 1.36 bits per heavy atom. The van der Waals surface area contributed by atoms with E-state index in [1.165, 1.54) is 16.0 Å². The molecule has 0 radical (unpaired) electrons. The monoisotopic (exact) mass is 356 g/mol. The molecule has 0 atom stereocenters. The molecule has 1 amide bonds. The lowest BCUT2D eigenvalue weighted by molar-refractivity contribution is -0.105. The van der Waals surface area contributed by atoms with Crippen LogP contribution in [-0.4, -0.2) is 33.8 Å². The Bertz CT molecular complexity index is 899. The minimum Gasteiger partial charge on any atom is -0.461 e. The largest absolute Gasteiger partial charge is 0.461 e. The summed E-state index contributed by atoms with van der Waals surface area (Å²) in [6.07, 6.45) is 0.576. The number of esters is 1. The van der Waals surface area contributed by atoms with Gasteiger partial charge < -0.3 is 10.1 Å². The van der Waals surface area contributed by atoms with Crippen LogP contribution in [-0.2, 0) is 9.53 Å². The summed E-state index contributed by atoms with van der Waals surface area (Å²) in [5, 5.41) is 9.18. The van der Waals surface area contributed by atoms with E-state index in [1.54, 1.807) is 18.4 Å². The van der Waals surface area contributed by atoms with Crippen molar-refractivity contribution in [3.8, 4) is 16.4 Å². The van der Waals surface area contributed by atoms with E-state index in [0.29, 0.717) is 23.1 Å². The van der Waals surface area contributed by atoms with Crippen LogP contribution in [0.25, 0.3) is 16.4 Å². The van der Waals surface area contributed by atoms with E-state index in [4.69, 9.17) is 4.74 Å². The van der Waals surface area contributed by atoms with Crippen molar-refractivity contribution in [2.45, 2.75) is 13.8 Å². The number of hydrogen-bond donors (Lipinski definition) is 1. The Balaban J connectivity index is 1.99. The first-order chi connectivity index (χ1) is 12.1. The van der Waals surface area contributed by atoms with E-state index in [1.807, 2.05) is 31.2 Å². The molecule has 128 valence electrons. The summed E-state index contributed by atoms with van der Waals surface area (Å²) in [6.45, 7) is 4.02. The third kappa shape index (κ3) is 3.58. The third-order valence-corrected chi connectivity index (χ3v) is 4.24. The summed E-state index contributed by atoms with van der Waals surface area (Å²) < 4.78 is 6.44. The van der Waals surface area contributed by atoms with Crippen LogP contribution in [0, 0.1) is 6.92 Å². The summed E-state index contributed by atoms with van der Waals surface area (Å²) >= 11 is 1.24. The number of carbonyl (C=O) groups excluding carboxylic acids is 2. The van der Waals surface area contributed by atoms with Crippen molar-refractivity contribution >= 4 is 29.5 Å². The van der Waals surface area contributed by atoms with Gasteiger partial charge in [0.1, 0.15) is 5.82 Å². The number of aryl methyl sites for hydroxylation is 1. The highest BCUT2D eigenvalue weighted by atomic mass is 32.1. The molecule has 1 N–H and O–H groups in total. The van der Waals surface area contributed by atoms with Gasteiger partial charge in [-0.3, -0.25) is 4.79 Å². The number of benzene rings is 1. The van der Waals surface area contributed by atoms with Gasteiger partial charge in [0.05, 0.1) is 12.3 Å². The van der Waals surface area contributed by atoms with Crippen molar-refractivity contribution < 1.29 is 14.3 Å². The molecule has 8 heteroatoms. The SMILES string of the molecule is CCOC(=O)c1csc(-n2nc(-c3ccc(C)cc3)cc2NC=O)n1. The number of nitrogens with zero attached hydrogens (tertiary/aromatic N) is 3. The average Bonchev–Trinajstić information content (AvgIpc) is 3.23. The Labute approximate surface area is 148 Å². The summed E-state index contributed by atoms with van der Waals surface area (Å²) in [7, 11) is 0. The van der Waals surface area contributed by atoms with Crippen molar-refractivity contribution in [1.82, 2.24) is 14.8 Å². The number of anilines is 1. The van der Waals surface area contributed by atoms with Crippen LogP contribution in [0.3, 0.4) is 0 Å². The molecular weight excluding hydrogens is 340 g/mol. The van der Waals surface area contributed by atoms with Gasteiger partial charge in [-0.2, -0.15) is 9.78 Å². The Hall–Kier alpha value is -3.00. The smallest absolute Gasteiger partial charge is 0.357 e. The molecule has 0 aliphatic carbocycles. The Morgan fingerprint density at radius 2 is 2.12 bits per heavy atom. The summed E-state index contributed by atoms with van der Waals surface area (Å²) in [6, 6.07) is 9.65. The molecule has 0 spiro atoms. The van der Waals surface area contributed by atoms with Crippen LogP contribution in [0.5, 0.6) is 0 Å². The highest BCUT2D eigenvalue weighted by Gasteiger charge is 2.17. The van der Waals surface area contributed by atoms with E-state index >= 15 is 0 Å². The molecule has 0 fully saturated rings. The molecule has 3 rings (SSSR count). The Morgan fingerprint density at radius 3 is 2.80 bits per heavy atom. The molecular formula is C17H16N4O3S. The zero-order valence-electron chi connectivity index (χ0n) is 13.7. The number of nitrogens with one attached hydrogen (secondary N) is 1. The standard InChI is InChI=1S/C17H16N4O3S/c1-3-24-16(23)14-9-25-17(19-14)21-15(18-10-22)8-13(20-21)12-6-4-11(2)5-7-12/h4-10H,3H2,1-2H3,(H,18,22). The van der Waals surface area contributed by atoms with E-state index in [9.17, 15) is 9.59 Å². The highest BCUT2D eigenvalue weighted by molar-refractivity contribution is 7.12.